The van der Waals surface area contributed by atoms with E-state index in [-0.39, 0.29) is 15.4 Å². The Balaban J connectivity index is 2.78. The van der Waals surface area contributed by atoms with Gasteiger partial charge in [-0.15, -0.1) is 0 Å². The predicted molar refractivity (Wildman–Crippen MR) is 58.1 cm³/mol. The van der Waals surface area contributed by atoms with Crippen LogP contribution in [-0.4, -0.2) is 46.5 Å². The molecule has 1 rings (SSSR count). The number of aromatic nitrogens is 2. The van der Waals surface area contributed by atoms with Gasteiger partial charge in [-0.2, -0.15) is 0 Å². The van der Waals surface area contributed by atoms with Crippen molar-refractivity contribution in [3.8, 4) is 0 Å². The van der Waals surface area contributed by atoms with Crippen LogP contribution in [0.15, 0.2) is 6.07 Å². The molecule has 0 aromatic carbocycles. The average molecular weight is 331 g/mol. The Morgan fingerprint density at radius 1 is 1.67 bits per heavy atom. The first-order chi connectivity index (χ1) is 7.04. The van der Waals surface area contributed by atoms with E-state index in [4.69, 9.17) is 14.8 Å². The normalized spacial score (nSPS) is 12.0. The topological polar surface area (TPSA) is 75.1 Å². The maximum absolute atomic E-state index is 11.5. The molecule has 0 fully saturated rings. The van der Waals surface area contributed by atoms with Crippen molar-refractivity contribution in [1.82, 2.24) is 15.5 Å². The number of hydrogen-bond acceptors (Lipinski definition) is 4. The second-order valence-corrected chi connectivity index (χ2v) is 8.16. The van der Waals surface area contributed by atoms with Crippen LogP contribution in [0.2, 0.25) is 5.15 Å². The van der Waals surface area contributed by atoms with Crippen LogP contribution in [0.3, 0.4) is 0 Å². The third kappa shape index (κ3) is 3.62. The van der Waals surface area contributed by atoms with Gasteiger partial charge in [0.25, 0.3) is 0 Å². The Hall–Kier alpha value is -0.330. The summed E-state index contributed by atoms with van der Waals surface area (Å²) in [7, 11) is 0. The van der Waals surface area contributed by atoms with Crippen LogP contribution in [0.25, 0.3) is 0 Å². The van der Waals surface area contributed by atoms with Crippen LogP contribution in [-0.2, 0) is 0 Å². The molecule has 5 nitrogen and oxygen atoms in total. The molecule has 0 spiro atoms. The van der Waals surface area contributed by atoms with Crippen LogP contribution in [0.4, 0.5) is 0 Å². The maximum atomic E-state index is 11.5. The van der Waals surface area contributed by atoms with E-state index in [1.807, 2.05) is 0 Å². The van der Waals surface area contributed by atoms with E-state index in [9.17, 15) is 4.79 Å². The van der Waals surface area contributed by atoms with Gasteiger partial charge in [0.05, 0.1) is 0 Å². The third-order valence-corrected chi connectivity index (χ3v) is 4.33. The van der Waals surface area contributed by atoms with Gasteiger partial charge in [-0.3, -0.25) is 0 Å². The molecule has 0 bridgehead atoms. The minimum atomic E-state index is -1.80. The van der Waals surface area contributed by atoms with Gasteiger partial charge in [0.2, 0.25) is 0 Å². The molecule has 1 heterocycles. The van der Waals surface area contributed by atoms with Crippen LogP contribution < -0.4 is 5.32 Å². The van der Waals surface area contributed by atoms with Crippen molar-refractivity contribution in [2.45, 2.75) is 17.6 Å². The number of amides is 1. The average Bonchev–Trinajstić information content (AvgIpc) is 2.21. The van der Waals surface area contributed by atoms with E-state index in [0.717, 1.165) is 0 Å². The summed E-state index contributed by atoms with van der Waals surface area (Å²) in [5.41, 5.74) is 0.931. The number of carbonyl (C=O) groups excluding carboxylic acids is 1. The summed E-state index contributed by atoms with van der Waals surface area (Å²) in [4.78, 5) is 11.5. The molecule has 80 valence electrons. The molecule has 1 aromatic rings. The first kappa shape index (κ1) is 12.7. The fraction of sp³-hybridized carbons (Fsp3) is 0.375. The second kappa shape index (κ2) is 5.67. The molecular weight excluding hydrogens is 320 g/mol. The molecular formula is C8H11ClInN3O2. The summed E-state index contributed by atoms with van der Waals surface area (Å²) < 4.78 is 8.87. The number of halogens is 1. The van der Waals surface area contributed by atoms with E-state index in [0.29, 0.717) is 10.7 Å². The third-order valence-electron chi connectivity index (χ3n) is 1.81. The molecule has 1 unspecified atom stereocenters. The molecule has 1 amide bonds. The summed E-state index contributed by atoms with van der Waals surface area (Å²) in [6, 6.07) is 1.57. The van der Waals surface area contributed by atoms with Gasteiger partial charge >= 0.3 is 105 Å². The number of aryl methyl sites for hydroxylation is 1. The fourth-order valence-corrected chi connectivity index (χ4v) is 1.81. The van der Waals surface area contributed by atoms with Crippen molar-refractivity contribution < 1.29 is 8.02 Å². The molecule has 0 saturated heterocycles. The monoisotopic (exact) mass is 331 g/mol. The Labute approximate surface area is 104 Å². The van der Waals surface area contributed by atoms with Crippen molar-refractivity contribution in [2.75, 3.05) is 0 Å². The molecule has 15 heavy (non-hydrogen) atoms. The number of carbonyl (C=O) groups is 1. The molecule has 7 heteroatoms. The molecule has 0 saturated carbocycles. The molecule has 1 atom stereocenters. The SMILES string of the molecule is Cc1cc(C(=O)N[CH](C)[InH][OH])nnc1Cl. The van der Waals surface area contributed by atoms with Crippen LogP contribution >= 0.6 is 11.6 Å². The van der Waals surface area contributed by atoms with Gasteiger partial charge in [0.15, 0.2) is 0 Å². The zero-order valence-electron chi connectivity index (χ0n) is 8.49. The zero-order chi connectivity index (χ0) is 11.4. The quantitative estimate of drug-likeness (QED) is 0.808. The van der Waals surface area contributed by atoms with Crippen LogP contribution in [0.1, 0.15) is 23.0 Å². The zero-order valence-corrected chi connectivity index (χ0v) is 13.3. The van der Waals surface area contributed by atoms with E-state index in [2.05, 4.69) is 15.5 Å². The van der Waals surface area contributed by atoms with Crippen molar-refractivity contribution in [2.24, 2.45) is 0 Å². The van der Waals surface area contributed by atoms with Gasteiger partial charge < -0.3 is 0 Å². The van der Waals surface area contributed by atoms with E-state index in [1.165, 1.54) is 0 Å². The minimum absolute atomic E-state index is 0.0999. The molecule has 2 N–H and O–H groups in total. The summed E-state index contributed by atoms with van der Waals surface area (Å²) in [5.74, 6) is -0.319. The number of nitrogens with zero attached hydrogens (tertiary/aromatic N) is 2. The molecule has 1 aromatic heterocycles. The van der Waals surface area contributed by atoms with Gasteiger partial charge in [0.1, 0.15) is 0 Å². The van der Waals surface area contributed by atoms with Gasteiger partial charge in [0, 0.05) is 0 Å². The van der Waals surface area contributed by atoms with Crippen LogP contribution in [0, 0.1) is 6.92 Å². The van der Waals surface area contributed by atoms with Crippen LogP contribution in [0.5, 0.6) is 0 Å². The van der Waals surface area contributed by atoms with Crippen molar-refractivity contribution in [3.63, 3.8) is 0 Å². The summed E-state index contributed by atoms with van der Waals surface area (Å²) in [5, 5.41) is 10.3. The fourth-order valence-electron chi connectivity index (χ4n) is 0.924. The molecule has 0 radical (unpaired) electrons. The Morgan fingerprint density at radius 3 is 2.87 bits per heavy atom. The number of nitrogens with one attached hydrogen (secondary N) is 1. The van der Waals surface area contributed by atoms with Crippen molar-refractivity contribution in [1.29, 1.82) is 0 Å². The van der Waals surface area contributed by atoms with Gasteiger partial charge in [-0.25, -0.2) is 0 Å². The molecule has 0 aliphatic heterocycles. The first-order valence-corrected chi connectivity index (χ1v) is 8.97. The predicted octanol–water partition coefficient (Wildman–Crippen LogP) is -0.142. The van der Waals surface area contributed by atoms with E-state index >= 15 is 0 Å². The van der Waals surface area contributed by atoms with E-state index < -0.39 is 23.3 Å². The summed E-state index contributed by atoms with van der Waals surface area (Å²) in [6.45, 7) is 3.53. The Morgan fingerprint density at radius 2 is 2.33 bits per heavy atom. The summed E-state index contributed by atoms with van der Waals surface area (Å²) >= 11 is 3.88. The van der Waals surface area contributed by atoms with E-state index in [1.54, 1.807) is 19.9 Å². The Kier molecular flexibility index (Phi) is 4.82. The van der Waals surface area contributed by atoms with Gasteiger partial charge in [-0.05, 0) is 0 Å². The molecule has 0 aliphatic rings. The van der Waals surface area contributed by atoms with Crippen molar-refractivity contribution >= 4 is 40.9 Å². The number of hydrogen-bond donors (Lipinski definition) is 2. The molecule has 0 aliphatic carbocycles. The Bertz CT molecular complexity index is 375. The van der Waals surface area contributed by atoms with Gasteiger partial charge in [-0.1, -0.05) is 0 Å². The van der Waals surface area contributed by atoms with Crippen molar-refractivity contribution in [3.05, 3.63) is 22.5 Å². The first-order valence-electron chi connectivity index (χ1n) is 4.46. The number of rotatable bonds is 3. The standard InChI is InChI=1S/C8H9ClN3O.In.H2O.H/c1-3-10-8(13)6-4-5(2)7(9)12-11-6;;;/h3-4H,1-2H3,(H,10,13);;1H2;/q;+1;;/p-1. The summed E-state index contributed by atoms with van der Waals surface area (Å²) in [6.07, 6.45) is 0. The second-order valence-electron chi connectivity index (χ2n) is 3.26.